The van der Waals surface area contributed by atoms with Gasteiger partial charge in [0.1, 0.15) is 11.5 Å². The van der Waals surface area contributed by atoms with Crippen molar-refractivity contribution in [2.45, 2.75) is 0 Å². The first-order valence-corrected chi connectivity index (χ1v) is 10.8. The molecule has 158 valence electrons. The number of pyridine rings is 2. The van der Waals surface area contributed by atoms with E-state index in [1.54, 1.807) is 12.4 Å². The Balaban J connectivity index is 1.39. The van der Waals surface area contributed by atoms with Crippen LogP contribution in [0.1, 0.15) is 0 Å². The molecule has 5 heterocycles. The summed E-state index contributed by atoms with van der Waals surface area (Å²) in [5.74, 6) is 1.03. The molecule has 0 unspecified atom stereocenters. The summed E-state index contributed by atoms with van der Waals surface area (Å²) >= 11 is 0. The van der Waals surface area contributed by atoms with Crippen LogP contribution in [0.3, 0.4) is 0 Å². The van der Waals surface area contributed by atoms with E-state index in [1.807, 2.05) is 24.7 Å². The zero-order valence-electron chi connectivity index (χ0n) is 17.9. The van der Waals surface area contributed by atoms with Crippen molar-refractivity contribution >= 4 is 27.9 Å². The van der Waals surface area contributed by atoms with Gasteiger partial charge in [0, 0.05) is 73.7 Å². The zero-order chi connectivity index (χ0) is 21.5. The Kier molecular flexibility index (Phi) is 4.54. The number of nitrogens with one attached hydrogen (secondary N) is 1. The van der Waals surface area contributed by atoms with E-state index < -0.39 is 0 Å². The Morgan fingerprint density at radius 2 is 1.59 bits per heavy atom. The van der Waals surface area contributed by atoms with Gasteiger partial charge >= 0.3 is 0 Å². The minimum Gasteiger partial charge on any atom is -0.354 e. The van der Waals surface area contributed by atoms with Gasteiger partial charge in [0.2, 0.25) is 0 Å². The third-order valence-corrected chi connectivity index (χ3v) is 6.22. The van der Waals surface area contributed by atoms with Crippen molar-refractivity contribution in [3.05, 3.63) is 67.4 Å². The summed E-state index contributed by atoms with van der Waals surface area (Å²) in [6.07, 6.45) is 9.28. The Morgan fingerprint density at radius 3 is 2.47 bits per heavy atom. The van der Waals surface area contributed by atoms with Gasteiger partial charge in [0.15, 0.2) is 0 Å². The van der Waals surface area contributed by atoms with Crippen LogP contribution in [-0.2, 0) is 0 Å². The van der Waals surface area contributed by atoms with Crippen molar-refractivity contribution in [2.24, 2.45) is 0 Å². The highest BCUT2D eigenvalue weighted by Gasteiger charge is 2.16. The second kappa shape index (κ2) is 7.69. The molecule has 6 rings (SSSR count). The Hall–Kier alpha value is -3.84. The maximum Gasteiger partial charge on any atom is 0.137 e. The highest BCUT2D eigenvalue weighted by Crippen LogP contribution is 2.32. The van der Waals surface area contributed by atoms with Crippen LogP contribution in [0.4, 0.5) is 5.82 Å². The number of fused-ring (bicyclic) bond motifs is 2. The second-order valence-corrected chi connectivity index (χ2v) is 8.28. The van der Waals surface area contributed by atoms with Crippen LogP contribution >= 0.6 is 0 Å². The van der Waals surface area contributed by atoms with Crippen LogP contribution in [-0.4, -0.2) is 63.0 Å². The number of rotatable bonds is 3. The molecule has 1 aliphatic rings. The number of aromatic amines is 1. The van der Waals surface area contributed by atoms with E-state index in [4.69, 9.17) is 4.98 Å². The molecule has 7 nitrogen and oxygen atoms in total. The van der Waals surface area contributed by atoms with Crippen molar-refractivity contribution in [2.75, 3.05) is 38.1 Å². The third-order valence-electron chi connectivity index (χ3n) is 6.22. The first kappa shape index (κ1) is 18.9. The lowest BCUT2D eigenvalue weighted by atomic mass is 10.0. The van der Waals surface area contributed by atoms with Crippen molar-refractivity contribution in [1.82, 2.24) is 29.8 Å². The number of benzene rings is 1. The Morgan fingerprint density at radius 1 is 0.750 bits per heavy atom. The predicted octanol–water partition coefficient (Wildman–Crippen LogP) is 3.99. The lowest BCUT2D eigenvalue weighted by Gasteiger charge is -2.33. The van der Waals surface area contributed by atoms with Crippen LogP contribution in [0, 0.1) is 0 Å². The molecule has 0 spiro atoms. The van der Waals surface area contributed by atoms with Gasteiger partial charge in [-0.2, -0.15) is 0 Å². The lowest BCUT2D eigenvalue weighted by molar-refractivity contribution is 0.312. The molecule has 32 heavy (non-hydrogen) atoms. The van der Waals surface area contributed by atoms with Gasteiger partial charge in [-0.1, -0.05) is 6.07 Å². The van der Waals surface area contributed by atoms with Crippen LogP contribution in [0.25, 0.3) is 44.3 Å². The fraction of sp³-hybridized carbons (Fsp3) is 0.200. The van der Waals surface area contributed by atoms with Gasteiger partial charge in [-0.05, 0) is 48.5 Å². The molecular formula is C25H23N7. The van der Waals surface area contributed by atoms with Crippen molar-refractivity contribution in [3.63, 3.8) is 0 Å². The summed E-state index contributed by atoms with van der Waals surface area (Å²) < 4.78 is 0. The molecule has 0 radical (unpaired) electrons. The van der Waals surface area contributed by atoms with Crippen LogP contribution in [0.5, 0.6) is 0 Å². The molecule has 1 fully saturated rings. The fourth-order valence-electron chi connectivity index (χ4n) is 4.34. The van der Waals surface area contributed by atoms with Gasteiger partial charge in [-0.3, -0.25) is 9.97 Å². The summed E-state index contributed by atoms with van der Waals surface area (Å²) in [4.78, 5) is 26.2. The maximum atomic E-state index is 4.69. The number of anilines is 1. The lowest BCUT2D eigenvalue weighted by Crippen LogP contribution is -2.44. The molecule has 4 aromatic heterocycles. The van der Waals surface area contributed by atoms with Gasteiger partial charge in [0.05, 0.1) is 11.0 Å². The topological polar surface area (TPSA) is 73.8 Å². The first-order chi connectivity index (χ1) is 15.7. The smallest absolute Gasteiger partial charge is 0.137 e. The van der Waals surface area contributed by atoms with Crippen LogP contribution in [0.2, 0.25) is 0 Å². The number of H-pyrrole nitrogens is 1. The average Bonchev–Trinajstić information content (AvgIpc) is 3.27. The van der Waals surface area contributed by atoms with Gasteiger partial charge in [0.25, 0.3) is 0 Å². The van der Waals surface area contributed by atoms with E-state index in [0.717, 1.165) is 76.3 Å². The summed E-state index contributed by atoms with van der Waals surface area (Å²) in [5, 5.41) is 1.09. The van der Waals surface area contributed by atoms with Gasteiger partial charge in [-0.15, -0.1) is 0 Å². The molecule has 0 bridgehead atoms. The number of hydrogen-bond acceptors (Lipinski definition) is 6. The molecule has 1 aliphatic heterocycles. The van der Waals surface area contributed by atoms with E-state index in [9.17, 15) is 0 Å². The summed E-state index contributed by atoms with van der Waals surface area (Å²) in [5.41, 5.74) is 7.05. The molecule has 5 aromatic rings. The van der Waals surface area contributed by atoms with Crippen molar-refractivity contribution < 1.29 is 0 Å². The second-order valence-electron chi connectivity index (χ2n) is 8.28. The fourth-order valence-corrected chi connectivity index (χ4v) is 4.34. The quantitative estimate of drug-likeness (QED) is 0.475. The molecule has 7 heteroatoms. The van der Waals surface area contributed by atoms with E-state index >= 15 is 0 Å². The maximum absolute atomic E-state index is 4.69. The monoisotopic (exact) mass is 421 g/mol. The predicted molar refractivity (Wildman–Crippen MR) is 128 cm³/mol. The number of likely N-dealkylation sites (N-methyl/N-ethyl adjacent to an activating group) is 1. The Labute approximate surface area is 185 Å². The summed E-state index contributed by atoms with van der Waals surface area (Å²) in [6.45, 7) is 4.11. The summed E-state index contributed by atoms with van der Waals surface area (Å²) in [7, 11) is 2.17. The van der Waals surface area contributed by atoms with Crippen LogP contribution < -0.4 is 4.90 Å². The molecule has 0 saturated carbocycles. The van der Waals surface area contributed by atoms with Crippen LogP contribution in [0.15, 0.2) is 67.4 Å². The standard InChI is InChI=1S/C25H23N7/c1-31-8-10-32(11-9-31)24-14-17(4-5-28-24)19-12-20-21(16-30-25(20)29-15-19)18-2-3-22-23(13-18)27-7-6-26-22/h2-7,12-16H,8-11H2,1H3,(H,29,30). The highest BCUT2D eigenvalue weighted by molar-refractivity contribution is 5.97. The number of piperazine rings is 1. The SMILES string of the molecule is CN1CCN(c2cc(-c3cnc4[nH]cc(-c5ccc6nccnc6c5)c4c3)ccn2)CC1. The molecule has 1 N–H and O–H groups in total. The first-order valence-electron chi connectivity index (χ1n) is 10.8. The van der Waals surface area contributed by atoms with Gasteiger partial charge < -0.3 is 14.8 Å². The van der Waals surface area contributed by atoms with Crippen molar-refractivity contribution in [1.29, 1.82) is 0 Å². The van der Waals surface area contributed by atoms with E-state index in [0.29, 0.717) is 0 Å². The van der Waals surface area contributed by atoms with E-state index in [2.05, 4.69) is 67.1 Å². The molecule has 1 aromatic carbocycles. The highest BCUT2D eigenvalue weighted by atomic mass is 15.3. The van der Waals surface area contributed by atoms with Crippen molar-refractivity contribution in [3.8, 4) is 22.3 Å². The Bertz CT molecular complexity index is 1420. The normalized spacial score (nSPS) is 15.0. The zero-order valence-corrected chi connectivity index (χ0v) is 17.9. The third kappa shape index (κ3) is 3.36. The minimum absolute atomic E-state index is 0.872. The minimum atomic E-state index is 0.872. The molecular weight excluding hydrogens is 398 g/mol. The largest absolute Gasteiger partial charge is 0.354 e. The number of hydrogen-bond donors (Lipinski definition) is 1. The van der Waals surface area contributed by atoms with E-state index in [1.165, 1.54) is 0 Å². The number of nitrogens with zero attached hydrogens (tertiary/aromatic N) is 6. The molecule has 0 atom stereocenters. The molecule has 1 saturated heterocycles. The molecule has 0 aliphatic carbocycles. The average molecular weight is 422 g/mol. The van der Waals surface area contributed by atoms with E-state index in [-0.39, 0.29) is 0 Å². The molecule has 0 amide bonds. The number of aromatic nitrogens is 5. The van der Waals surface area contributed by atoms with Gasteiger partial charge in [-0.25, -0.2) is 9.97 Å². The summed E-state index contributed by atoms with van der Waals surface area (Å²) in [6, 6.07) is 12.6.